The van der Waals surface area contributed by atoms with E-state index in [0.29, 0.717) is 26.2 Å². The minimum Gasteiger partial charge on any atom is -0.385 e. The van der Waals surface area contributed by atoms with Crippen molar-refractivity contribution in [1.82, 2.24) is 4.90 Å². The predicted molar refractivity (Wildman–Crippen MR) is 65.7 cm³/mol. The maximum Gasteiger partial charge on any atom is 0.239 e. The van der Waals surface area contributed by atoms with E-state index in [9.17, 15) is 4.79 Å². The fourth-order valence-corrected chi connectivity index (χ4v) is 2.03. The van der Waals surface area contributed by atoms with Crippen molar-refractivity contribution in [1.29, 1.82) is 0 Å². The zero-order chi connectivity index (χ0) is 12.8. The Morgan fingerprint density at radius 3 is 2.94 bits per heavy atom. The van der Waals surface area contributed by atoms with Crippen molar-refractivity contribution in [3.05, 3.63) is 0 Å². The molecule has 2 N–H and O–H groups in total. The highest BCUT2D eigenvalue weighted by molar-refractivity contribution is 5.82. The molecule has 1 aliphatic heterocycles. The summed E-state index contributed by atoms with van der Waals surface area (Å²) in [7, 11) is 1.61. The van der Waals surface area contributed by atoms with Crippen molar-refractivity contribution in [3.63, 3.8) is 0 Å². The summed E-state index contributed by atoms with van der Waals surface area (Å²) in [6.45, 7) is 5.81. The molecule has 1 fully saturated rings. The third-order valence-corrected chi connectivity index (χ3v) is 3.17. The molecule has 100 valence electrons. The van der Waals surface area contributed by atoms with Gasteiger partial charge in [-0.3, -0.25) is 4.79 Å². The molecular formula is C12H24N2O3. The van der Waals surface area contributed by atoms with E-state index in [2.05, 4.69) is 6.92 Å². The van der Waals surface area contributed by atoms with Gasteiger partial charge in [-0.1, -0.05) is 6.92 Å². The van der Waals surface area contributed by atoms with Gasteiger partial charge in [0.1, 0.15) is 0 Å². The molecule has 0 aromatic heterocycles. The molecule has 5 heteroatoms. The van der Waals surface area contributed by atoms with Crippen LogP contribution in [0.1, 0.15) is 26.7 Å². The number of morpholine rings is 1. The van der Waals surface area contributed by atoms with Gasteiger partial charge >= 0.3 is 0 Å². The van der Waals surface area contributed by atoms with Gasteiger partial charge < -0.3 is 20.1 Å². The third kappa shape index (κ3) is 3.94. The van der Waals surface area contributed by atoms with Gasteiger partial charge in [-0.15, -0.1) is 0 Å². The van der Waals surface area contributed by atoms with Crippen LogP contribution in [0.25, 0.3) is 0 Å². The summed E-state index contributed by atoms with van der Waals surface area (Å²) in [4.78, 5) is 14.1. The smallest absolute Gasteiger partial charge is 0.239 e. The largest absolute Gasteiger partial charge is 0.385 e. The van der Waals surface area contributed by atoms with Crippen LogP contribution in [0.2, 0.25) is 0 Å². The quantitative estimate of drug-likeness (QED) is 0.759. The summed E-state index contributed by atoms with van der Waals surface area (Å²) >= 11 is 0. The van der Waals surface area contributed by atoms with Crippen LogP contribution in [0.3, 0.4) is 0 Å². The SMILES string of the molecule is CCC1COC(C)CN1C(=O)C(N)CCOC. The molecule has 0 bridgehead atoms. The van der Waals surface area contributed by atoms with Crippen molar-refractivity contribution in [2.75, 3.05) is 26.9 Å². The summed E-state index contributed by atoms with van der Waals surface area (Å²) in [5.41, 5.74) is 5.88. The van der Waals surface area contributed by atoms with E-state index in [0.717, 1.165) is 6.42 Å². The molecule has 1 rings (SSSR count). The number of nitrogens with two attached hydrogens (primary N) is 1. The standard InChI is InChI=1S/C12H24N2O3/c1-4-10-8-17-9(2)7-14(10)12(15)11(13)5-6-16-3/h9-11H,4-8,13H2,1-3H3. The molecule has 0 aliphatic carbocycles. The van der Waals surface area contributed by atoms with Crippen molar-refractivity contribution < 1.29 is 14.3 Å². The maximum absolute atomic E-state index is 12.2. The summed E-state index contributed by atoms with van der Waals surface area (Å²) < 4.78 is 10.5. The number of nitrogens with zero attached hydrogens (tertiary/aromatic N) is 1. The van der Waals surface area contributed by atoms with Crippen LogP contribution in [0, 0.1) is 0 Å². The fourth-order valence-electron chi connectivity index (χ4n) is 2.03. The minimum absolute atomic E-state index is 0.0176. The number of rotatable bonds is 5. The molecule has 0 saturated carbocycles. The van der Waals surface area contributed by atoms with Crippen molar-refractivity contribution >= 4 is 5.91 Å². The molecule has 3 atom stereocenters. The number of hydrogen-bond acceptors (Lipinski definition) is 4. The molecule has 5 nitrogen and oxygen atoms in total. The molecule has 1 aliphatic rings. The van der Waals surface area contributed by atoms with Gasteiger partial charge in [-0.05, 0) is 19.8 Å². The van der Waals surface area contributed by atoms with E-state index in [1.54, 1.807) is 7.11 Å². The fraction of sp³-hybridized carbons (Fsp3) is 0.917. The molecule has 17 heavy (non-hydrogen) atoms. The Morgan fingerprint density at radius 2 is 2.35 bits per heavy atom. The summed E-state index contributed by atoms with van der Waals surface area (Å²) in [6, 6.07) is -0.304. The Morgan fingerprint density at radius 1 is 1.65 bits per heavy atom. The van der Waals surface area contributed by atoms with E-state index < -0.39 is 6.04 Å². The first kappa shape index (κ1) is 14.4. The zero-order valence-corrected chi connectivity index (χ0v) is 11.0. The second-order valence-electron chi connectivity index (χ2n) is 4.58. The van der Waals surface area contributed by atoms with Crippen LogP contribution in [0.4, 0.5) is 0 Å². The lowest BCUT2D eigenvalue weighted by Gasteiger charge is -2.39. The Balaban J connectivity index is 2.57. The molecule has 1 saturated heterocycles. The van der Waals surface area contributed by atoms with Gasteiger partial charge in [0.15, 0.2) is 0 Å². The van der Waals surface area contributed by atoms with Crippen LogP contribution < -0.4 is 5.73 Å². The number of methoxy groups -OCH3 is 1. The topological polar surface area (TPSA) is 64.8 Å². The maximum atomic E-state index is 12.2. The molecule has 1 heterocycles. The molecule has 0 aromatic carbocycles. The van der Waals surface area contributed by atoms with Crippen molar-refractivity contribution in [2.24, 2.45) is 5.73 Å². The first-order chi connectivity index (χ1) is 8.10. The molecular weight excluding hydrogens is 220 g/mol. The van der Waals surface area contributed by atoms with Gasteiger partial charge in [0.05, 0.1) is 24.8 Å². The van der Waals surface area contributed by atoms with Crippen LogP contribution in [0.5, 0.6) is 0 Å². The van der Waals surface area contributed by atoms with E-state index in [4.69, 9.17) is 15.2 Å². The zero-order valence-electron chi connectivity index (χ0n) is 11.0. The van der Waals surface area contributed by atoms with Crippen molar-refractivity contribution in [3.8, 4) is 0 Å². The molecule has 0 spiro atoms. The number of carbonyl (C=O) groups excluding carboxylic acids is 1. The summed E-state index contributed by atoms with van der Waals surface area (Å²) in [5, 5.41) is 0. The average Bonchev–Trinajstić information content (AvgIpc) is 2.34. The van der Waals surface area contributed by atoms with Crippen LogP contribution in [-0.2, 0) is 14.3 Å². The molecule has 1 amide bonds. The number of carbonyl (C=O) groups is 1. The average molecular weight is 244 g/mol. The number of hydrogen-bond donors (Lipinski definition) is 1. The molecule has 0 radical (unpaired) electrons. The highest BCUT2D eigenvalue weighted by Crippen LogP contribution is 2.15. The van der Waals surface area contributed by atoms with Crippen LogP contribution >= 0.6 is 0 Å². The lowest BCUT2D eigenvalue weighted by atomic mass is 10.1. The lowest BCUT2D eigenvalue weighted by Crippen LogP contribution is -2.56. The van der Waals surface area contributed by atoms with E-state index >= 15 is 0 Å². The van der Waals surface area contributed by atoms with E-state index in [1.807, 2.05) is 11.8 Å². The first-order valence-corrected chi connectivity index (χ1v) is 6.26. The highest BCUT2D eigenvalue weighted by Gasteiger charge is 2.31. The van der Waals surface area contributed by atoms with Crippen LogP contribution in [-0.4, -0.2) is 55.9 Å². The number of amides is 1. The Labute approximate surface area is 103 Å². The highest BCUT2D eigenvalue weighted by atomic mass is 16.5. The molecule has 0 aromatic rings. The van der Waals surface area contributed by atoms with Gasteiger partial charge in [-0.2, -0.15) is 0 Å². The van der Waals surface area contributed by atoms with Crippen molar-refractivity contribution in [2.45, 2.75) is 44.9 Å². The Bertz CT molecular complexity index is 248. The Kier molecular flexibility index (Phi) is 5.88. The third-order valence-electron chi connectivity index (χ3n) is 3.17. The van der Waals surface area contributed by atoms with Gasteiger partial charge in [0.25, 0.3) is 0 Å². The number of ether oxygens (including phenoxy) is 2. The monoisotopic (exact) mass is 244 g/mol. The first-order valence-electron chi connectivity index (χ1n) is 6.26. The van der Waals surface area contributed by atoms with Crippen LogP contribution in [0.15, 0.2) is 0 Å². The second kappa shape index (κ2) is 6.93. The van der Waals surface area contributed by atoms with Gasteiger partial charge in [-0.25, -0.2) is 0 Å². The normalized spacial score (nSPS) is 26.9. The second-order valence-corrected chi connectivity index (χ2v) is 4.58. The predicted octanol–water partition coefficient (Wildman–Crippen LogP) is 0.376. The van der Waals surface area contributed by atoms with Gasteiger partial charge in [0, 0.05) is 20.3 Å². The Hall–Kier alpha value is -0.650. The summed E-state index contributed by atoms with van der Waals surface area (Å²) in [6.07, 6.45) is 1.56. The lowest BCUT2D eigenvalue weighted by molar-refractivity contribution is -0.146. The minimum atomic E-state index is -0.464. The summed E-state index contributed by atoms with van der Waals surface area (Å²) in [5.74, 6) is 0.0176. The van der Waals surface area contributed by atoms with E-state index in [1.165, 1.54) is 0 Å². The van der Waals surface area contributed by atoms with E-state index in [-0.39, 0.29) is 18.1 Å². The van der Waals surface area contributed by atoms with Gasteiger partial charge in [0.2, 0.25) is 5.91 Å². The molecule has 3 unspecified atom stereocenters.